The van der Waals surface area contributed by atoms with E-state index in [-0.39, 0.29) is 5.92 Å². The van der Waals surface area contributed by atoms with Crippen LogP contribution in [0, 0.1) is 6.92 Å². The lowest BCUT2D eigenvalue weighted by molar-refractivity contribution is 0.360. The van der Waals surface area contributed by atoms with Gasteiger partial charge >= 0.3 is 0 Å². The molecule has 1 unspecified atom stereocenters. The van der Waals surface area contributed by atoms with Crippen molar-refractivity contribution in [3.63, 3.8) is 0 Å². The van der Waals surface area contributed by atoms with Gasteiger partial charge in [0.25, 0.3) is 0 Å². The number of hydrogen-bond donors (Lipinski definition) is 0. The maximum atomic E-state index is 5.59. The second-order valence-corrected chi connectivity index (χ2v) is 7.17. The largest absolute Gasteiger partial charge is 0.361 e. The van der Waals surface area contributed by atoms with Crippen LogP contribution in [0.5, 0.6) is 0 Å². The van der Waals surface area contributed by atoms with Crippen molar-refractivity contribution in [3.8, 4) is 5.69 Å². The number of halogens is 1. The summed E-state index contributed by atoms with van der Waals surface area (Å²) in [6.07, 6.45) is 11.6. The molecule has 5 heteroatoms. The number of unbranched alkanes of at least 4 members (excludes halogenated alkanes) is 3. The molecule has 0 N–H and O–H groups in total. The first-order valence-electron chi connectivity index (χ1n) is 8.85. The average Bonchev–Trinajstić information content (AvgIpc) is 3.30. The third kappa shape index (κ3) is 4.82. The number of hydrogen-bond acceptors (Lipinski definition) is 3. The highest BCUT2D eigenvalue weighted by atomic mass is 79.9. The Kier molecular flexibility index (Phi) is 6.45. The van der Waals surface area contributed by atoms with Gasteiger partial charge in [0.1, 0.15) is 5.76 Å². The first-order valence-corrected chi connectivity index (χ1v) is 9.97. The van der Waals surface area contributed by atoms with E-state index >= 15 is 0 Å². The van der Waals surface area contributed by atoms with E-state index in [4.69, 9.17) is 4.52 Å². The van der Waals surface area contributed by atoms with Crippen molar-refractivity contribution in [2.24, 2.45) is 0 Å². The zero-order valence-corrected chi connectivity index (χ0v) is 16.2. The molecule has 0 saturated heterocycles. The van der Waals surface area contributed by atoms with Gasteiger partial charge in [0.05, 0.1) is 12.0 Å². The number of benzene rings is 1. The monoisotopic (exact) mass is 401 g/mol. The highest BCUT2D eigenvalue weighted by molar-refractivity contribution is 9.09. The molecule has 0 aliphatic carbocycles. The fourth-order valence-electron chi connectivity index (χ4n) is 3.11. The van der Waals surface area contributed by atoms with Crippen LogP contribution in [-0.2, 0) is 0 Å². The van der Waals surface area contributed by atoms with Crippen LogP contribution in [0.15, 0.2) is 53.6 Å². The zero-order chi connectivity index (χ0) is 17.5. The number of rotatable bonds is 9. The topological polar surface area (TPSA) is 43.9 Å². The molecule has 0 fully saturated rings. The molecule has 0 bridgehead atoms. The van der Waals surface area contributed by atoms with E-state index in [0.717, 1.165) is 28.9 Å². The quantitative estimate of drug-likeness (QED) is 0.343. The molecule has 0 saturated carbocycles. The van der Waals surface area contributed by atoms with Gasteiger partial charge in [-0.05, 0) is 37.5 Å². The molecule has 0 aliphatic rings. The van der Waals surface area contributed by atoms with Crippen LogP contribution in [0.1, 0.15) is 55.0 Å². The Morgan fingerprint density at radius 2 is 1.92 bits per heavy atom. The normalized spacial score (nSPS) is 12.4. The van der Waals surface area contributed by atoms with Crippen LogP contribution in [-0.4, -0.2) is 20.0 Å². The van der Waals surface area contributed by atoms with E-state index in [2.05, 4.69) is 56.4 Å². The fourth-order valence-corrected chi connectivity index (χ4v) is 3.50. The summed E-state index contributed by atoms with van der Waals surface area (Å²) >= 11 is 3.50. The van der Waals surface area contributed by atoms with Crippen LogP contribution >= 0.6 is 15.9 Å². The highest BCUT2D eigenvalue weighted by Crippen LogP contribution is 2.31. The van der Waals surface area contributed by atoms with Crippen molar-refractivity contribution in [1.82, 2.24) is 14.7 Å². The fraction of sp³-hybridized carbons (Fsp3) is 0.400. The summed E-state index contributed by atoms with van der Waals surface area (Å²) in [6, 6.07) is 10.7. The molecule has 3 rings (SSSR count). The number of imidazole rings is 1. The lowest BCUT2D eigenvalue weighted by atomic mass is 9.90. The molecule has 132 valence electrons. The SMILES string of the molecule is Cc1cc(C(CCCCCCBr)c2ccc(-n3ccnc3)cc2)on1. The lowest BCUT2D eigenvalue weighted by Crippen LogP contribution is -2.01. The van der Waals surface area contributed by atoms with Gasteiger partial charge < -0.3 is 9.09 Å². The smallest absolute Gasteiger partial charge is 0.144 e. The van der Waals surface area contributed by atoms with Crippen molar-refractivity contribution >= 4 is 15.9 Å². The average molecular weight is 402 g/mol. The Hall–Kier alpha value is -1.88. The molecular formula is C20H24BrN3O. The van der Waals surface area contributed by atoms with Gasteiger partial charge in [-0.15, -0.1) is 0 Å². The van der Waals surface area contributed by atoms with Crippen molar-refractivity contribution in [2.45, 2.75) is 44.9 Å². The summed E-state index contributed by atoms with van der Waals surface area (Å²) in [7, 11) is 0. The predicted octanol–water partition coefficient (Wildman–Crippen LogP) is 5.65. The van der Waals surface area contributed by atoms with E-state index in [1.807, 2.05) is 24.0 Å². The Morgan fingerprint density at radius 3 is 2.56 bits per heavy atom. The molecular weight excluding hydrogens is 378 g/mol. The van der Waals surface area contributed by atoms with E-state index in [1.165, 1.54) is 31.2 Å². The molecule has 4 nitrogen and oxygen atoms in total. The Labute approximate surface area is 157 Å². The van der Waals surface area contributed by atoms with Crippen LogP contribution < -0.4 is 0 Å². The molecule has 1 aromatic carbocycles. The maximum Gasteiger partial charge on any atom is 0.144 e. The van der Waals surface area contributed by atoms with Gasteiger partial charge in [-0.1, -0.05) is 52.5 Å². The summed E-state index contributed by atoms with van der Waals surface area (Å²) in [6.45, 7) is 1.97. The third-order valence-electron chi connectivity index (χ3n) is 4.46. The summed E-state index contributed by atoms with van der Waals surface area (Å²) in [5.41, 5.74) is 3.33. The molecule has 2 aromatic heterocycles. The zero-order valence-electron chi connectivity index (χ0n) is 14.6. The van der Waals surface area contributed by atoms with Crippen molar-refractivity contribution in [2.75, 3.05) is 5.33 Å². The van der Waals surface area contributed by atoms with Gasteiger partial charge in [0.2, 0.25) is 0 Å². The van der Waals surface area contributed by atoms with Gasteiger partial charge in [-0.3, -0.25) is 0 Å². The van der Waals surface area contributed by atoms with E-state index < -0.39 is 0 Å². The maximum absolute atomic E-state index is 5.59. The van der Waals surface area contributed by atoms with E-state index in [1.54, 1.807) is 6.20 Å². The van der Waals surface area contributed by atoms with Gasteiger partial charge in [-0.2, -0.15) is 0 Å². The van der Waals surface area contributed by atoms with Crippen LogP contribution in [0.4, 0.5) is 0 Å². The minimum Gasteiger partial charge on any atom is -0.361 e. The number of nitrogens with zero attached hydrogens (tertiary/aromatic N) is 3. The Bertz CT molecular complexity index is 750. The predicted molar refractivity (Wildman–Crippen MR) is 104 cm³/mol. The van der Waals surface area contributed by atoms with E-state index in [0.29, 0.717) is 0 Å². The van der Waals surface area contributed by atoms with Crippen LogP contribution in [0.3, 0.4) is 0 Å². The van der Waals surface area contributed by atoms with Crippen molar-refractivity contribution in [3.05, 3.63) is 66.1 Å². The molecule has 0 amide bonds. The van der Waals surface area contributed by atoms with Gasteiger partial charge in [0, 0.05) is 35.4 Å². The number of alkyl halides is 1. The van der Waals surface area contributed by atoms with Crippen LogP contribution in [0.2, 0.25) is 0 Å². The standard InChI is InChI=1S/C20H24BrN3O/c1-16-14-20(25-23-16)19(6-4-2-3-5-11-21)17-7-9-18(10-8-17)24-13-12-22-15-24/h7-10,12-15,19H,2-6,11H2,1H3. The number of aryl methyl sites for hydroxylation is 1. The summed E-state index contributed by atoms with van der Waals surface area (Å²) in [5, 5.41) is 5.18. The summed E-state index contributed by atoms with van der Waals surface area (Å²) in [5.74, 6) is 1.23. The van der Waals surface area contributed by atoms with Gasteiger partial charge in [-0.25, -0.2) is 4.98 Å². The minimum atomic E-state index is 0.266. The molecule has 0 radical (unpaired) electrons. The minimum absolute atomic E-state index is 0.266. The lowest BCUT2D eigenvalue weighted by Gasteiger charge is -2.15. The first kappa shape index (κ1) is 17.9. The molecule has 0 aliphatic heterocycles. The molecule has 0 spiro atoms. The number of aromatic nitrogens is 3. The summed E-state index contributed by atoms with van der Waals surface area (Å²) < 4.78 is 7.60. The van der Waals surface area contributed by atoms with E-state index in [9.17, 15) is 0 Å². The van der Waals surface area contributed by atoms with Crippen molar-refractivity contribution < 1.29 is 4.52 Å². The first-order chi connectivity index (χ1) is 12.3. The second-order valence-electron chi connectivity index (χ2n) is 6.38. The molecule has 1 atom stereocenters. The Balaban J connectivity index is 1.74. The highest BCUT2D eigenvalue weighted by Gasteiger charge is 2.18. The van der Waals surface area contributed by atoms with Crippen molar-refractivity contribution in [1.29, 1.82) is 0 Å². The third-order valence-corrected chi connectivity index (χ3v) is 5.02. The van der Waals surface area contributed by atoms with Crippen LogP contribution in [0.25, 0.3) is 5.69 Å². The summed E-state index contributed by atoms with van der Waals surface area (Å²) in [4.78, 5) is 4.11. The molecule has 25 heavy (non-hydrogen) atoms. The molecule has 2 heterocycles. The molecule has 3 aromatic rings. The Morgan fingerprint density at radius 1 is 1.12 bits per heavy atom. The second kappa shape index (κ2) is 8.99. The van der Waals surface area contributed by atoms with Gasteiger partial charge in [0.15, 0.2) is 0 Å².